The molecule has 1 fully saturated rings. The van der Waals surface area contributed by atoms with Gasteiger partial charge in [0.15, 0.2) is 0 Å². The van der Waals surface area contributed by atoms with Crippen LogP contribution in [0.25, 0.3) is 0 Å². The monoisotopic (exact) mass is 298 g/mol. The van der Waals surface area contributed by atoms with Gasteiger partial charge in [-0.15, -0.1) is 0 Å². The molecule has 106 valence electrons. The van der Waals surface area contributed by atoms with Gasteiger partial charge >= 0.3 is 0 Å². The zero-order valence-electron chi connectivity index (χ0n) is 11.4. The summed E-state index contributed by atoms with van der Waals surface area (Å²) in [5, 5.41) is 4.64. The predicted molar refractivity (Wildman–Crippen MR) is 84.5 cm³/mol. The minimum absolute atomic E-state index is 0.0258. The van der Waals surface area contributed by atoms with Crippen molar-refractivity contribution in [1.29, 1.82) is 0 Å². The lowest BCUT2D eigenvalue weighted by atomic mass is 10.1. The van der Waals surface area contributed by atoms with Crippen molar-refractivity contribution in [3.05, 3.63) is 70.7 Å². The zero-order valence-corrected chi connectivity index (χ0v) is 12.1. The average Bonchev–Trinajstić information content (AvgIpc) is 3.29. The number of halogens is 1. The Kier molecular flexibility index (Phi) is 4.02. The van der Waals surface area contributed by atoms with Crippen molar-refractivity contribution in [3.8, 4) is 0 Å². The normalized spacial score (nSPS) is 20.4. The molecule has 0 radical (unpaired) electrons. The molecule has 3 rings (SSSR count). The van der Waals surface area contributed by atoms with Crippen LogP contribution in [-0.4, -0.2) is 12.1 Å². The van der Waals surface area contributed by atoms with E-state index < -0.39 is 0 Å². The molecular formula is C17H15ClN2O. The van der Waals surface area contributed by atoms with Crippen molar-refractivity contribution < 1.29 is 4.79 Å². The number of nitrogens with zero attached hydrogens (tertiary/aromatic N) is 1. The first kappa shape index (κ1) is 13.8. The van der Waals surface area contributed by atoms with Crippen molar-refractivity contribution in [2.75, 3.05) is 0 Å². The Labute approximate surface area is 128 Å². The Morgan fingerprint density at radius 2 is 2.00 bits per heavy atom. The van der Waals surface area contributed by atoms with Gasteiger partial charge in [0, 0.05) is 10.9 Å². The molecule has 0 spiro atoms. The molecule has 1 aliphatic rings. The van der Waals surface area contributed by atoms with Gasteiger partial charge in [-0.3, -0.25) is 4.79 Å². The van der Waals surface area contributed by atoms with E-state index >= 15 is 0 Å². The summed E-state index contributed by atoms with van der Waals surface area (Å²) in [5.74, 6) is 0.332. The highest BCUT2D eigenvalue weighted by Gasteiger charge is 2.43. The van der Waals surface area contributed by atoms with Crippen molar-refractivity contribution in [3.63, 3.8) is 0 Å². The van der Waals surface area contributed by atoms with Crippen LogP contribution in [0.1, 0.15) is 23.5 Å². The number of carbonyl (C=O) groups is 1. The van der Waals surface area contributed by atoms with Crippen LogP contribution in [0.2, 0.25) is 5.02 Å². The van der Waals surface area contributed by atoms with Gasteiger partial charge in [0.1, 0.15) is 0 Å². The second kappa shape index (κ2) is 6.10. The Morgan fingerprint density at radius 3 is 2.76 bits per heavy atom. The molecule has 0 bridgehead atoms. The van der Waals surface area contributed by atoms with Gasteiger partial charge in [-0.1, -0.05) is 54.1 Å². The van der Waals surface area contributed by atoms with E-state index in [0.717, 1.165) is 12.0 Å². The minimum Gasteiger partial charge on any atom is -0.273 e. The molecule has 0 aliphatic heterocycles. The number of carbonyl (C=O) groups excluding carboxylic acids is 1. The fraction of sp³-hybridized carbons (Fsp3) is 0.176. The fourth-order valence-electron chi connectivity index (χ4n) is 2.39. The van der Waals surface area contributed by atoms with Crippen LogP contribution in [0.4, 0.5) is 0 Å². The van der Waals surface area contributed by atoms with Crippen LogP contribution in [0.15, 0.2) is 59.7 Å². The van der Waals surface area contributed by atoms with Crippen molar-refractivity contribution in [1.82, 2.24) is 5.43 Å². The maximum atomic E-state index is 12.0. The molecule has 2 unspecified atom stereocenters. The summed E-state index contributed by atoms with van der Waals surface area (Å²) in [7, 11) is 0. The van der Waals surface area contributed by atoms with Gasteiger partial charge in [-0.05, 0) is 35.6 Å². The van der Waals surface area contributed by atoms with E-state index in [1.807, 2.05) is 30.3 Å². The van der Waals surface area contributed by atoms with Gasteiger partial charge in [0.05, 0.1) is 6.21 Å². The number of amides is 1. The van der Waals surface area contributed by atoms with Gasteiger partial charge in [-0.25, -0.2) is 5.43 Å². The van der Waals surface area contributed by atoms with Crippen LogP contribution in [-0.2, 0) is 4.79 Å². The molecule has 2 aromatic carbocycles. The topological polar surface area (TPSA) is 41.5 Å². The van der Waals surface area contributed by atoms with Crippen molar-refractivity contribution in [2.45, 2.75) is 12.3 Å². The van der Waals surface area contributed by atoms with Crippen LogP contribution in [0.3, 0.4) is 0 Å². The van der Waals surface area contributed by atoms with E-state index in [4.69, 9.17) is 11.6 Å². The van der Waals surface area contributed by atoms with Gasteiger partial charge in [-0.2, -0.15) is 5.10 Å². The second-order valence-electron chi connectivity index (χ2n) is 5.15. The summed E-state index contributed by atoms with van der Waals surface area (Å²) in [6.07, 6.45) is 2.49. The van der Waals surface area contributed by atoms with E-state index in [9.17, 15) is 4.79 Å². The van der Waals surface area contributed by atoms with Crippen LogP contribution in [0, 0.1) is 5.92 Å². The Morgan fingerprint density at radius 1 is 1.19 bits per heavy atom. The molecule has 2 atom stereocenters. The van der Waals surface area contributed by atoms with E-state index in [1.165, 1.54) is 5.56 Å². The molecule has 21 heavy (non-hydrogen) atoms. The molecule has 2 aromatic rings. The molecular weight excluding hydrogens is 284 g/mol. The first-order valence-corrected chi connectivity index (χ1v) is 7.25. The second-order valence-corrected chi connectivity index (χ2v) is 5.59. The average molecular weight is 299 g/mol. The van der Waals surface area contributed by atoms with Crippen LogP contribution >= 0.6 is 11.6 Å². The standard InChI is InChI=1S/C17H15ClN2O/c18-14-8-4-5-12(9-14)11-19-20-17(21)16-10-15(16)13-6-2-1-3-7-13/h1-9,11,15-16H,10H2,(H,20,21)/b19-11+. The smallest absolute Gasteiger partial charge is 0.243 e. The summed E-state index contributed by atoms with van der Waals surface area (Å²) >= 11 is 5.88. The van der Waals surface area contributed by atoms with Crippen LogP contribution in [0.5, 0.6) is 0 Å². The highest BCUT2D eigenvalue weighted by molar-refractivity contribution is 6.30. The molecule has 3 nitrogen and oxygen atoms in total. The lowest BCUT2D eigenvalue weighted by Gasteiger charge is -2.00. The van der Waals surface area contributed by atoms with Crippen LogP contribution < -0.4 is 5.43 Å². The maximum absolute atomic E-state index is 12.0. The molecule has 1 N–H and O–H groups in total. The van der Waals surface area contributed by atoms with E-state index in [2.05, 4.69) is 22.7 Å². The third-order valence-corrected chi connectivity index (χ3v) is 3.83. The largest absolute Gasteiger partial charge is 0.273 e. The third kappa shape index (κ3) is 3.50. The highest BCUT2D eigenvalue weighted by atomic mass is 35.5. The van der Waals surface area contributed by atoms with Gasteiger partial charge in [0.25, 0.3) is 0 Å². The Hall–Kier alpha value is -2.13. The molecule has 0 aromatic heterocycles. The molecule has 1 saturated carbocycles. The summed E-state index contributed by atoms with van der Waals surface area (Å²) in [6, 6.07) is 17.4. The minimum atomic E-state index is -0.0258. The number of nitrogens with one attached hydrogen (secondary N) is 1. The zero-order chi connectivity index (χ0) is 14.7. The quantitative estimate of drug-likeness (QED) is 0.680. The van der Waals surface area contributed by atoms with E-state index in [-0.39, 0.29) is 11.8 Å². The molecule has 4 heteroatoms. The summed E-state index contributed by atoms with van der Waals surface area (Å²) in [5.41, 5.74) is 4.68. The van der Waals surface area contributed by atoms with Gasteiger partial charge < -0.3 is 0 Å². The fourth-order valence-corrected chi connectivity index (χ4v) is 2.59. The SMILES string of the molecule is O=C(N/N=C/c1cccc(Cl)c1)C1CC1c1ccccc1. The molecule has 1 amide bonds. The third-order valence-electron chi connectivity index (χ3n) is 3.59. The number of hydrogen-bond acceptors (Lipinski definition) is 2. The maximum Gasteiger partial charge on any atom is 0.243 e. The number of rotatable bonds is 4. The number of benzene rings is 2. The first-order valence-electron chi connectivity index (χ1n) is 6.87. The highest BCUT2D eigenvalue weighted by Crippen LogP contribution is 2.47. The lowest BCUT2D eigenvalue weighted by Crippen LogP contribution is -2.20. The lowest BCUT2D eigenvalue weighted by molar-refractivity contribution is -0.122. The Bertz CT molecular complexity index is 670. The first-order chi connectivity index (χ1) is 10.2. The molecule has 0 heterocycles. The Balaban J connectivity index is 1.54. The summed E-state index contributed by atoms with van der Waals surface area (Å²) in [4.78, 5) is 12.0. The van der Waals surface area contributed by atoms with Crippen molar-refractivity contribution in [2.24, 2.45) is 11.0 Å². The van der Waals surface area contributed by atoms with E-state index in [0.29, 0.717) is 10.9 Å². The van der Waals surface area contributed by atoms with Gasteiger partial charge in [0.2, 0.25) is 5.91 Å². The number of hydrazone groups is 1. The summed E-state index contributed by atoms with van der Waals surface area (Å²) < 4.78 is 0. The molecule has 0 saturated heterocycles. The summed E-state index contributed by atoms with van der Waals surface area (Å²) in [6.45, 7) is 0. The predicted octanol–water partition coefficient (Wildman–Crippen LogP) is 3.59. The van der Waals surface area contributed by atoms with E-state index in [1.54, 1.807) is 18.3 Å². The number of hydrogen-bond donors (Lipinski definition) is 1. The van der Waals surface area contributed by atoms with Crippen molar-refractivity contribution >= 4 is 23.7 Å². The molecule has 1 aliphatic carbocycles.